The van der Waals surface area contributed by atoms with E-state index in [9.17, 15) is 14.9 Å². The number of primary amides is 1. The van der Waals surface area contributed by atoms with Gasteiger partial charge in [0.2, 0.25) is 5.91 Å². The van der Waals surface area contributed by atoms with Crippen LogP contribution < -0.4 is 10.6 Å². The third-order valence-corrected chi connectivity index (χ3v) is 4.68. The number of carbonyl (C=O) groups is 2. The Morgan fingerprint density at radius 2 is 2.17 bits per heavy atom. The van der Waals surface area contributed by atoms with E-state index in [2.05, 4.69) is 22.9 Å². The van der Waals surface area contributed by atoms with Crippen molar-refractivity contribution < 1.29 is 9.59 Å². The van der Waals surface area contributed by atoms with Gasteiger partial charge in [-0.3, -0.25) is 9.59 Å². The molecule has 0 saturated carbocycles. The zero-order valence-electron chi connectivity index (χ0n) is 13.2. The van der Waals surface area contributed by atoms with Crippen LogP contribution in [-0.4, -0.2) is 35.5 Å². The lowest BCUT2D eigenvalue weighted by Crippen LogP contribution is -2.34. The van der Waals surface area contributed by atoms with Crippen LogP contribution in [0.2, 0.25) is 0 Å². The van der Waals surface area contributed by atoms with Crippen molar-refractivity contribution >= 4 is 29.3 Å². The Bertz CT molecular complexity index is 644. The van der Waals surface area contributed by atoms with Crippen molar-refractivity contribution in [2.24, 2.45) is 5.73 Å². The number of nitriles is 1. The second-order valence-corrected chi connectivity index (χ2v) is 6.43. The van der Waals surface area contributed by atoms with Gasteiger partial charge in [-0.25, -0.2) is 4.98 Å². The molecule has 1 fully saturated rings. The summed E-state index contributed by atoms with van der Waals surface area (Å²) in [4.78, 5) is 29.1. The van der Waals surface area contributed by atoms with E-state index in [1.165, 1.54) is 11.8 Å². The molecule has 0 bridgehead atoms. The third kappa shape index (κ3) is 4.45. The molecular weight excluding hydrogens is 312 g/mol. The average Bonchev–Trinajstić information content (AvgIpc) is 2.53. The van der Waals surface area contributed by atoms with E-state index in [0.717, 1.165) is 24.2 Å². The van der Waals surface area contributed by atoms with Crippen LogP contribution in [0.4, 0.5) is 5.82 Å². The van der Waals surface area contributed by atoms with Crippen molar-refractivity contribution in [2.75, 3.05) is 23.7 Å². The van der Waals surface area contributed by atoms with Crippen LogP contribution >= 0.6 is 11.8 Å². The molecule has 6 nitrogen and oxygen atoms in total. The average molecular weight is 332 g/mol. The van der Waals surface area contributed by atoms with Gasteiger partial charge in [-0.15, -0.1) is 0 Å². The van der Waals surface area contributed by atoms with Crippen molar-refractivity contribution in [3.63, 3.8) is 0 Å². The fourth-order valence-electron chi connectivity index (χ4n) is 2.53. The van der Waals surface area contributed by atoms with Crippen LogP contribution in [0.3, 0.4) is 0 Å². The number of thioether (sulfide) groups is 1. The van der Waals surface area contributed by atoms with E-state index in [0.29, 0.717) is 36.5 Å². The van der Waals surface area contributed by atoms with Crippen molar-refractivity contribution in [1.29, 1.82) is 5.26 Å². The van der Waals surface area contributed by atoms with Crippen LogP contribution in [0.1, 0.15) is 37.3 Å². The number of carbonyl (C=O) groups excluding carboxylic acids is 2. The Balaban J connectivity index is 2.36. The first-order valence-electron chi connectivity index (χ1n) is 7.67. The predicted octanol–water partition coefficient (Wildman–Crippen LogP) is 1.65. The smallest absolute Gasteiger partial charge is 0.227 e. The molecule has 2 N–H and O–H groups in total. The van der Waals surface area contributed by atoms with Gasteiger partial charge >= 0.3 is 0 Å². The summed E-state index contributed by atoms with van der Waals surface area (Å²) >= 11 is 1.20. The number of hydrogen-bond donors (Lipinski definition) is 1. The van der Waals surface area contributed by atoms with Crippen molar-refractivity contribution in [3.05, 3.63) is 17.2 Å². The minimum absolute atomic E-state index is 0.0924. The number of aryl methyl sites for hydroxylation is 1. The molecule has 0 unspecified atom stereocenters. The highest BCUT2D eigenvalue weighted by molar-refractivity contribution is 8.00. The Morgan fingerprint density at radius 3 is 2.74 bits per heavy atom. The van der Waals surface area contributed by atoms with E-state index in [1.807, 2.05) is 6.07 Å². The van der Waals surface area contributed by atoms with Crippen LogP contribution in [0.25, 0.3) is 0 Å². The number of rotatable bonds is 6. The van der Waals surface area contributed by atoms with Gasteiger partial charge in [0.1, 0.15) is 22.7 Å². The van der Waals surface area contributed by atoms with E-state index in [1.54, 1.807) is 0 Å². The van der Waals surface area contributed by atoms with Crippen molar-refractivity contribution in [1.82, 2.24) is 4.98 Å². The van der Waals surface area contributed by atoms with E-state index in [-0.39, 0.29) is 11.5 Å². The quantitative estimate of drug-likeness (QED) is 0.795. The molecule has 122 valence electrons. The highest BCUT2D eigenvalue weighted by atomic mass is 32.2. The van der Waals surface area contributed by atoms with E-state index < -0.39 is 5.91 Å². The van der Waals surface area contributed by atoms with Gasteiger partial charge in [0, 0.05) is 25.9 Å². The van der Waals surface area contributed by atoms with E-state index in [4.69, 9.17) is 5.73 Å². The molecule has 0 aliphatic carbocycles. The second-order valence-electron chi connectivity index (χ2n) is 5.46. The maximum absolute atomic E-state index is 11.4. The van der Waals surface area contributed by atoms with Gasteiger partial charge in [0.25, 0.3) is 0 Å². The van der Waals surface area contributed by atoms with Crippen molar-refractivity contribution in [2.45, 2.75) is 37.6 Å². The number of aromatic nitrogens is 1. The molecule has 1 saturated heterocycles. The fraction of sp³-hybridized carbons (Fsp3) is 0.500. The lowest BCUT2D eigenvalue weighted by Gasteiger charge is -2.28. The Kier molecular flexibility index (Phi) is 5.99. The SMILES string of the molecule is CCCc1cc(N2CCC(=O)CC2)nc(SCC(N)=O)c1C#N. The first-order valence-corrected chi connectivity index (χ1v) is 8.65. The fourth-order valence-corrected chi connectivity index (χ4v) is 3.29. The molecule has 0 atom stereocenters. The number of pyridine rings is 1. The summed E-state index contributed by atoms with van der Waals surface area (Å²) in [6.45, 7) is 3.34. The molecule has 1 aliphatic rings. The maximum atomic E-state index is 11.4. The molecule has 1 aromatic rings. The maximum Gasteiger partial charge on any atom is 0.227 e. The first kappa shape index (κ1) is 17.3. The van der Waals surface area contributed by atoms with Crippen LogP contribution in [0.5, 0.6) is 0 Å². The highest BCUT2D eigenvalue weighted by Gasteiger charge is 2.21. The second kappa shape index (κ2) is 7.97. The molecule has 2 heterocycles. The molecule has 1 aliphatic heterocycles. The molecule has 0 aromatic carbocycles. The molecule has 23 heavy (non-hydrogen) atoms. The topological polar surface area (TPSA) is 100 Å². The number of anilines is 1. The zero-order chi connectivity index (χ0) is 16.8. The predicted molar refractivity (Wildman–Crippen MR) is 89.3 cm³/mol. The first-order chi connectivity index (χ1) is 11.0. The summed E-state index contributed by atoms with van der Waals surface area (Å²) in [5.74, 6) is 0.695. The van der Waals surface area contributed by atoms with Gasteiger partial charge in [-0.1, -0.05) is 25.1 Å². The number of nitrogens with zero attached hydrogens (tertiary/aromatic N) is 3. The van der Waals surface area contributed by atoms with Gasteiger partial charge in [-0.05, 0) is 18.1 Å². The number of Topliss-reactive ketones (excluding diaryl/α,β-unsaturated/α-hetero) is 1. The molecule has 0 radical (unpaired) electrons. The zero-order valence-corrected chi connectivity index (χ0v) is 14.0. The van der Waals surface area contributed by atoms with Crippen molar-refractivity contribution in [3.8, 4) is 6.07 Å². The summed E-state index contributed by atoms with van der Waals surface area (Å²) in [6.07, 6.45) is 2.73. The molecule has 1 aromatic heterocycles. The minimum atomic E-state index is -0.438. The molecular formula is C16H20N4O2S. The van der Waals surface area contributed by atoms with Gasteiger partial charge in [-0.2, -0.15) is 5.26 Å². The van der Waals surface area contributed by atoms with Crippen LogP contribution in [0.15, 0.2) is 11.1 Å². The molecule has 1 amide bonds. The summed E-state index contributed by atoms with van der Waals surface area (Å²) in [6, 6.07) is 4.14. The largest absolute Gasteiger partial charge is 0.369 e. The van der Waals surface area contributed by atoms with Gasteiger partial charge in [0.15, 0.2) is 0 Å². The standard InChI is InChI=1S/C16H20N4O2S/c1-2-3-11-8-15(20-6-4-12(21)5-7-20)19-16(13(11)9-17)23-10-14(18)22/h8H,2-7,10H2,1H3,(H2,18,22). The minimum Gasteiger partial charge on any atom is -0.369 e. The normalized spacial score (nSPS) is 14.6. The molecule has 2 rings (SSSR count). The lowest BCUT2D eigenvalue weighted by atomic mass is 10.1. The van der Waals surface area contributed by atoms with Gasteiger partial charge < -0.3 is 10.6 Å². The van der Waals surface area contributed by atoms with Gasteiger partial charge in [0.05, 0.1) is 11.3 Å². The number of amides is 1. The number of nitrogens with two attached hydrogens (primary N) is 1. The molecule has 0 spiro atoms. The lowest BCUT2D eigenvalue weighted by molar-refractivity contribution is -0.119. The number of hydrogen-bond acceptors (Lipinski definition) is 6. The Hall–Kier alpha value is -2.07. The Labute approximate surface area is 140 Å². The summed E-state index contributed by atoms with van der Waals surface area (Å²) in [5, 5.41) is 9.99. The summed E-state index contributed by atoms with van der Waals surface area (Å²) in [5.41, 5.74) is 6.66. The van der Waals surface area contributed by atoms with E-state index >= 15 is 0 Å². The monoisotopic (exact) mass is 332 g/mol. The number of ketones is 1. The number of piperidine rings is 1. The third-order valence-electron chi connectivity index (χ3n) is 3.68. The summed E-state index contributed by atoms with van der Waals surface area (Å²) < 4.78 is 0. The highest BCUT2D eigenvalue weighted by Crippen LogP contribution is 2.29. The van der Waals surface area contributed by atoms with Crippen LogP contribution in [-0.2, 0) is 16.0 Å². The molecule has 7 heteroatoms. The summed E-state index contributed by atoms with van der Waals surface area (Å²) in [7, 11) is 0. The Morgan fingerprint density at radius 1 is 1.48 bits per heavy atom. The van der Waals surface area contributed by atoms with Crippen LogP contribution in [0, 0.1) is 11.3 Å².